The third kappa shape index (κ3) is 5.07. The van der Waals surface area contributed by atoms with Gasteiger partial charge in [0.05, 0.1) is 11.3 Å². The number of alkyl halides is 3. The molecule has 3 amide bonds. The molecule has 0 unspecified atom stereocenters. The van der Waals surface area contributed by atoms with Crippen molar-refractivity contribution >= 4 is 58.0 Å². The molecule has 0 radical (unpaired) electrons. The van der Waals surface area contributed by atoms with E-state index in [0.29, 0.717) is 10.7 Å². The molecule has 184 valence electrons. The van der Waals surface area contributed by atoms with Crippen LogP contribution in [0.1, 0.15) is 21.5 Å². The molecule has 0 saturated carbocycles. The van der Waals surface area contributed by atoms with Crippen LogP contribution in [0.5, 0.6) is 0 Å². The van der Waals surface area contributed by atoms with E-state index in [-0.39, 0.29) is 27.7 Å². The van der Waals surface area contributed by atoms with Crippen LogP contribution in [-0.2, 0) is 15.8 Å². The summed E-state index contributed by atoms with van der Waals surface area (Å²) in [7, 11) is 0. The van der Waals surface area contributed by atoms with Crippen LogP contribution in [-0.4, -0.2) is 17.7 Å². The highest BCUT2D eigenvalue weighted by Gasteiger charge is 2.39. The first-order valence-corrected chi connectivity index (χ1v) is 11.1. The Labute approximate surface area is 213 Å². The van der Waals surface area contributed by atoms with Gasteiger partial charge in [-0.05, 0) is 67.1 Å². The molecule has 1 aliphatic rings. The van der Waals surface area contributed by atoms with Crippen LogP contribution in [0.4, 0.5) is 30.2 Å². The van der Waals surface area contributed by atoms with E-state index in [9.17, 15) is 27.6 Å². The molecule has 0 spiro atoms. The van der Waals surface area contributed by atoms with Crippen LogP contribution in [0.25, 0.3) is 0 Å². The molecule has 0 bridgehead atoms. The fourth-order valence-corrected chi connectivity index (χ4v) is 3.78. The van der Waals surface area contributed by atoms with Crippen molar-refractivity contribution < 1.29 is 27.6 Å². The third-order valence-electron chi connectivity index (χ3n) is 5.31. The van der Waals surface area contributed by atoms with Gasteiger partial charge < -0.3 is 10.6 Å². The maximum Gasteiger partial charge on any atom is 0.416 e. The zero-order chi connectivity index (χ0) is 26.2. The number of hydrogen-bond donors (Lipinski definition) is 2. The number of amides is 3. The summed E-state index contributed by atoms with van der Waals surface area (Å²) in [6.07, 6.45) is -4.54. The van der Waals surface area contributed by atoms with Crippen molar-refractivity contribution in [1.29, 1.82) is 0 Å². The fourth-order valence-electron chi connectivity index (χ4n) is 3.39. The summed E-state index contributed by atoms with van der Waals surface area (Å²) in [6.45, 7) is 1.78. The molecule has 1 heterocycles. The van der Waals surface area contributed by atoms with Gasteiger partial charge in [0.15, 0.2) is 0 Å². The second-order valence-corrected chi connectivity index (χ2v) is 8.59. The number of carbonyl (C=O) groups is 3. The van der Waals surface area contributed by atoms with E-state index in [1.54, 1.807) is 19.1 Å². The Morgan fingerprint density at radius 1 is 0.889 bits per heavy atom. The predicted molar refractivity (Wildman–Crippen MR) is 131 cm³/mol. The Balaban J connectivity index is 1.47. The van der Waals surface area contributed by atoms with Crippen LogP contribution >= 0.6 is 23.2 Å². The summed E-state index contributed by atoms with van der Waals surface area (Å²) in [5.74, 6) is -2.04. The van der Waals surface area contributed by atoms with E-state index in [1.165, 1.54) is 42.5 Å². The Bertz CT molecular complexity index is 1420. The Hall–Kier alpha value is -3.82. The van der Waals surface area contributed by atoms with Gasteiger partial charge in [-0.15, -0.1) is 0 Å². The van der Waals surface area contributed by atoms with Crippen molar-refractivity contribution in [1.82, 2.24) is 0 Å². The van der Waals surface area contributed by atoms with E-state index >= 15 is 0 Å². The van der Waals surface area contributed by atoms with E-state index < -0.39 is 29.5 Å². The number of anilines is 3. The first-order chi connectivity index (χ1) is 17.0. The van der Waals surface area contributed by atoms with Crippen LogP contribution in [0.3, 0.4) is 0 Å². The number of hydrogen-bond acceptors (Lipinski definition) is 4. The highest BCUT2D eigenvalue weighted by molar-refractivity contribution is 6.53. The number of halogens is 5. The van der Waals surface area contributed by atoms with E-state index in [0.717, 1.165) is 22.6 Å². The van der Waals surface area contributed by atoms with Crippen molar-refractivity contribution in [2.75, 3.05) is 15.5 Å². The summed E-state index contributed by atoms with van der Waals surface area (Å²) >= 11 is 12.2. The molecular weight excluding hydrogens is 518 g/mol. The lowest BCUT2D eigenvalue weighted by Gasteiger charge is -2.16. The van der Waals surface area contributed by atoms with Crippen molar-refractivity contribution in [3.63, 3.8) is 0 Å². The molecule has 3 aromatic carbocycles. The van der Waals surface area contributed by atoms with Gasteiger partial charge in [-0.2, -0.15) is 13.2 Å². The molecule has 11 heteroatoms. The lowest BCUT2D eigenvalue weighted by Crippen LogP contribution is -2.32. The van der Waals surface area contributed by atoms with Gasteiger partial charge in [-0.3, -0.25) is 14.4 Å². The lowest BCUT2D eigenvalue weighted by atomic mass is 10.1. The maximum atomic E-state index is 12.9. The molecule has 0 atom stereocenters. The Morgan fingerprint density at radius 2 is 1.58 bits per heavy atom. The summed E-state index contributed by atoms with van der Waals surface area (Å²) in [5.41, 5.74) is 0.486. The zero-order valence-corrected chi connectivity index (χ0v) is 19.9. The Kier molecular flexibility index (Phi) is 6.79. The van der Waals surface area contributed by atoms with Crippen molar-refractivity contribution in [2.45, 2.75) is 13.1 Å². The van der Waals surface area contributed by atoms with Crippen LogP contribution in [0.15, 0.2) is 77.5 Å². The van der Waals surface area contributed by atoms with Crippen LogP contribution in [0.2, 0.25) is 5.02 Å². The number of benzene rings is 3. The molecule has 0 saturated heterocycles. The average molecular weight is 534 g/mol. The molecule has 0 aromatic heterocycles. The van der Waals surface area contributed by atoms with Gasteiger partial charge in [-0.1, -0.05) is 35.3 Å². The fraction of sp³-hybridized carbons (Fsp3) is 0.0800. The SMILES string of the molecule is Cc1ccc(N2C(=O)C(Cl)=C(Nc3ccc(C(=O)Nc4cccc(C(F)(F)F)c4)cc3)C2=O)cc1Cl. The van der Waals surface area contributed by atoms with Gasteiger partial charge >= 0.3 is 6.18 Å². The standard InChI is InChI=1S/C25H16Cl2F3N3O3/c1-13-5-10-18(12-19(13)26)33-23(35)20(27)21(24(33)36)31-16-8-6-14(7-9-16)22(34)32-17-4-2-3-15(11-17)25(28,29)30/h2-12,31H,1H3,(H,32,34). The normalized spacial score (nSPS) is 13.9. The minimum atomic E-state index is -4.54. The number of carbonyl (C=O) groups excluding carboxylic acids is 3. The van der Waals surface area contributed by atoms with Crippen molar-refractivity contribution in [3.05, 3.63) is 99.2 Å². The zero-order valence-electron chi connectivity index (χ0n) is 18.4. The summed E-state index contributed by atoms with van der Waals surface area (Å²) in [6, 6.07) is 14.7. The van der Waals surface area contributed by atoms with Crippen molar-refractivity contribution in [2.24, 2.45) is 0 Å². The first kappa shape index (κ1) is 25.3. The Morgan fingerprint density at radius 3 is 2.22 bits per heavy atom. The molecular formula is C25H16Cl2F3N3O3. The molecule has 1 aliphatic heterocycles. The second-order valence-electron chi connectivity index (χ2n) is 7.80. The van der Waals surface area contributed by atoms with Gasteiger partial charge in [0.1, 0.15) is 10.7 Å². The maximum absolute atomic E-state index is 12.9. The van der Waals surface area contributed by atoms with Crippen molar-refractivity contribution in [3.8, 4) is 0 Å². The molecule has 6 nitrogen and oxygen atoms in total. The quantitative estimate of drug-likeness (QED) is 0.374. The average Bonchev–Trinajstić information content (AvgIpc) is 3.04. The molecule has 36 heavy (non-hydrogen) atoms. The number of aryl methyl sites for hydroxylation is 1. The number of rotatable bonds is 5. The van der Waals surface area contributed by atoms with Gasteiger partial charge in [0.2, 0.25) is 0 Å². The lowest BCUT2D eigenvalue weighted by molar-refractivity contribution is -0.137. The van der Waals surface area contributed by atoms with Crippen LogP contribution in [0, 0.1) is 6.92 Å². The van der Waals surface area contributed by atoms with Gasteiger partial charge in [0, 0.05) is 22.0 Å². The number of nitrogens with one attached hydrogen (secondary N) is 2. The van der Waals surface area contributed by atoms with Crippen LogP contribution < -0.4 is 15.5 Å². The summed E-state index contributed by atoms with van der Waals surface area (Å²) in [5, 5.41) is 5.25. The van der Waals surface area contributed by atoms with E-state index in [2.05, 4.69) is 10.6 Å². The third-order valence-corrected chi connectivity index (χ3v) is 6.06. The number of nitrogens with zero attached hydrogens (tertiary/aromatic N) is 1. The molecule has 0 fully saturated rings. The van der Waals surface area contributed by atoms with Gasteiger partial charge in [0.25, 0.3) is 17.7 Å². The predicted octanol–water partition coefficient (Wildman–Crippen LogP) is 6.36. The topological polar surface area (TPSA) is 78.5 Å². The molecule has 0 aliphatic carbocycles. The van der Waals surface area contributed by atoms with E-state index in [4.69, 9.17) is 23.2 Å². The minimum Gasteiger partial charge on any atom is -0.350 e. The van der Waals surface area contributed by atoms with E-state index in [1.807, 2.05) is 0 Å². The summed E-state index contributed by atoms with van der Waals surface area (Å²) < 4.78 is 38.7. The first-order valence-electron chi connectivity index (χ1n) is 10.4. The molecule has 4 rings (SSSR count). The van der Waals surface area contributed by atoms with Gasteiger partial charge in [-0.25, -0.2) is 4.90 Å². The molecule has 2 N–H and O–H groups in total. The molecule has 3 aromatic rings. The summed E-state index contributed by atoms with van der Waals surface area (Å²) in [4.78, 5) is 38.9. The second kappa shape index (κ2) is 9.67. The smallest absolute Gasteiger partial charge is 0.350 e. The monoisotopic (exact) mass is 533 g/mol. The minimum absolute atomic E-state index is 0.0136. The number of imide groups is 1. The largest absolute Gasteiger partial charge is 0.416 e. The highest BCUT2D eigenvalue weighted by Crippen LogP contribution is 2.33. The highest BCUT2D eigenvalue weighted by atomic mass is 35.5.